The number of ether oxygens (including phenoxy) is 1. The van der Waals surface area contributed by atoms with Gasteiger partial charge in [-0.25, -0.2) is 0 Å². The lowest BCUT2D eigenvalue weighted by Gasteiger charge is -2.32. The fraction of sp³-hybridized carbons (Fsp3) is 0.429. The van der Waals surface area contributed by atoms with Crippen molar-refractivity contribution in [3.05, 3.63) is 29.3 Å². The minimum atomic E-state index is -0.409. The first-order valence-electron chi connectivity index (χ1n) is 6.23. The Morgan fingerprint density at radius 1 is 1.58 bits per heavy atom. The van der Waals surface area contributed by atoms with Crippen molar-refractivity contribution in [2.75, 3.05) is 26.7 Å². The van der Waals surface area contributed by atoms with Crippen LogP contribution in [0.2, 0.25) is 0 Å². The lowest BCUT2D eigenvalue weighted by atomic mass is 10.1. The van der Waals surface area contributed by atoms with Crippen LogP contribution in [0.25, 0.3) is 0 Å². The second-order valence-corrected chi connectivity index (χ2v) is 4.53. The summed E-state index contributed by atoms with van der Waals surface area (Å²) in [7, 11) is 1.58. The van der Waals surface area contributed by atoms with Gasteiger partial charge in [0.05, 0.1) is 13.2 Å². The monoisotopic (exact) mass is 259 g/mol. The van der Waals surface area contributed by atoms with Gasteiger partial charge in [-0.3, -0.25) is 4.79 Å². The molecule has 1 aromatic carbocycles. The Hall–Kier alpha value is -2.06. The van der Waals surface area contributed by atoms with Gasteiger partial charge in [-0.2, -0.15) is 5.26 Å². The minimum absolute atomic E-state index is 0.119. The quantitative estimate of drug-likeness (QED) is 0.858. The largest absolute Gasteiger partial charge is 0.496 e. The summed E-state index contributed by atoms with van der Waals surface area (Å²) in [4.78, 5) is 14.1. The number of methoxy groups -OCH3 is 1. The first-order valence-corrected chi connectivity index (χ1v) is 6.23. The van der Waals surface area contributed by atoms with Crippen LogP contribution in [0, 0.1) is 18.3 Å². The number of nitriles is 1. The second-order valence-electron chi connectivity index (χ2n) is 4.53. The van der Waals surface area contributed by atoms with E-state index in [2.05, 4.69) is 11.4 Å². The molecule has 0 spiro atoms. The van der Waals surface area contributed by atoms with Gasteiger partial charge >= 0.3 is 0 Å². The Labute approximate surface area is 112 Å². The molecule has 1 heterocycles. The summed E-state index contributed by atoms with van der Waals surface area (Å²) in [6.45, 7) is 3.71. The van der Waals surface area contributed by atoms with Gasteiger partial charge in [0.15, 0.2) is 0 Å². The van der Waals surface area contributed by atoms with Crippen LogP contribution in [0.5, 0.6) is 5.75 Å². The van der Waals surface area contributed by atoms with Crippen molar-refractivity contribution in [2.45, 2.75) is 13.0 Å². The van der Waals surface area contributed by atoms with Crippen LogP contribution in [0.1, 0.15) is 15.9 Å². The topological polar surface area (TPSA) is 65.4 Å². The Morgan fingerprint density at radius 2 is 2.37 bits per heavy atom. The molecule has 0 bridgehead atoms. The van der Waals surface area contributed by atoms with E-state index in [1.807, 2.05) is 13.0 Å². The number of hydrogen-bond acceptors (Lipinski definition) is 4. The molecule has 5 nitrogen and oxygen atoms in total. The van der Waals surface area contributed by atoms with Crippen molar-refractivity contribution in [1.29, 1.82) is 5.26 Å². The lowest BCUT2D eigenvalue weighted by molar-refractivity contribution is 0.0686. The van der Waals surface area contributed by atoms with E-state index in [1.54, 1.807) is 24.1 Å². The maximum Gasteiger partial charge on any atom is 0.255 e. The summed E-state index contributed by atoms with van der Waals surface area (Å²) < 4.78 is 5.23. The summed E-state index contributed by atoms with van der Waals surface area (Å²) in [5.41, 5.74) is 1.54. The highest BCUT2D eigenvalue weighted by molar-refractivity contribution is 5.95. The highest BCUT2D eigenvalue weighted by atomic mass is 16.5. The maximum atomic E-state index is 12.4. The van der Waals surface area contributed by atoms with E-state index in [0.717, 1.165) is 5.56 Å². The van der Waals surface area contributed by atoms with Crippen LogP contribution < -0.4 is 10.1 Å². The fourth-order valence-corrected chi connectivity index (χ4v) is 2.18. The number of hydrogen-bond donors (Lipinski definition) is 1. The smallest absolute Gasteiger partial charge is 0.255 e. The number of piperazine rings is 1. The van der Waals surface area contributed by atoms with E-state index in [9.17, 15) is 4.79 Å². The van der Waals surface area contributed by atoms with Gasteiger partial charge in [0, 0.05) is 25.2 Å². The zero-order valence-electron chi connectivity index (χ0n) is 11.1. The van der Waals surface area contributed by atoms with Gasteiger partial charge in [-0.05, 0) is 24.6 Å². The van der Waals surface area contributed by atoms with E-state index < -0.39 is 6.04 Å². The normalized spacial score (nSPS) is 18.8. The van der Waals surface area contributed by atoms with Crippen LogP contribution >= 0.6 is 0 Å². The van der Waals surface area contributed by atoms with Gasteiger partial charge in [0.25, 0.3) is 5.91 Å². The van der Waals surface area contributed by atoms with E-state index in [1.165, 1.54) is 0 Å². The predicted octanol–water partition coefficient (Wildman–Crippen LogP) is 0.941. The van der Waals surface area contributed by atoms with E-state index >= 15 is 0 Å². The summed E-state index contributed by atoms with van der Waals surface area (Å²) >= 11 is 0. The standard InChI is InChI=1S/C14H17N3O2/c1-10-3-4-11(7-13(10)19-2)14(18)17-6-5-16-9-12(17)8-15/h3-4,7,12,16H,5-6,9H2,1-2H3. The number of carbonyl (C=O) groups excluding carboxylic acids is 1. The molecule has 1 unspecified atom stereocenters. The number of nitrogens with one attached hydrogen (secondary N) is 1. The molecule has 1 atom stereocenters. The molecule has 1 aliphatic rings. The molecule has 1 amide bonds. The molecule has 1 aliphatic heterocycles. The van der Waals surface area contributed by atoms with Gasteiger partial charge in [0.1, 0.15) is 11.8 Å². The third kappa shape index (κ3) is 2.69. The number of amides is 1. The summed E-state index contributed by atoms with van der Waals surface area (Å²) in [6, 6.07) is 7.11. The van der Waals surface area contributed by atoms with E-state index in [-0.39, 0.29) is 5.91 Å². The molecule has 0 aromatic heterocycles. The summed E-state index contributed by atoms with van der Waals surface area (Å²) in [5, 5.41) is 12.2. The molecule has 1 N–H and O–H groups in total. The summed E-state index contributed by atoms with van der Waals surface area (Å²) in [6.07, 6.45) is 0. The van der Waals surface area contributed by atoms with Crippen molar-refractivity contribution in [2.24, 2.45) is 0 Å². The van der Waals surface area contributed by atoms with Crippen molar-refractivity contribution in [1.82, 2.24) is 10.2 Å². The van der Waals surface area contributed by atoms with Crippen molar-refractivity contribution in [3.63, 3.8) is 0 Å². The molecule has 1 fully saturated rings. The molecule has 2 rings (SSSR count). The zero-order valence-corrected chi connectivity index (χ0v) is 11.1. The SMILES string of the molecule is COc1cc(C(=O)N2CCNCC2C#N)ccc1C. The minimum Gasteiger partial charge on any atom is -0.496 e. The number of benzene rings is 1. The Bertz CT molecular complexity index is 522. The Balaban J connectivity index is 2.26. The molecular formula is C14H17N3O2. The highest BCUT2D eigenvalue weighted by Crippen LogP contribution is 2.20. The van der Waals surface area contributed by atoms with Crippen LogP contribution in [0.15, 0.2) is 18.2 Å². The van der Waals surface area contributed by atoms with Crippen molar-refractivity contribution < 1.29 is 9.53 Å². The molecule has 0 radical (unpaired) electrons. The van der Waals surface area contributed by atoms with E-state index in [4.69, 9.17) is 10.00 Å². The van der Waals surface area contributed by atoms with Crippen LogP contribution in [-0.2, 0) is 0 Å². The second kappa shape index (κ2) is 5.72. The molecule has 1 saturated heterocycles. The van der Waals surface area contributed by atoms with E-state index in [0.29, 0.717) is 30.9 Å². The fourth-order valence-electron chi connectivity index (χ4n) is 2.18. The third-order valence-corrected chi connectivity index (χ3v) is 3.31. The number of aryl methyl sites for hydroxylation is 1. The van der Waals surface area contributed by atoms with Crippen LogP contribution in [0.4, 0.5) is 0 Å². The molecule has 19 heavy (non-hydrogen) atoms. The molecule has 0 aliphatic carbocycles. The van der Waals surface area contributed by atoms with Crippen LogP contribution in [0.3, 0.4) is 0 Å². The lowest BCUT2D eigenvalue weighted by Crippen LogP contribution is -2.53. The first kappa shape index (κ1) is 13.4. The van der Waals surface area contributed by atoms with Gasteiger partial charge < -0.3 is 15.0 Å². The predicted molar refractivity (Wildman–Crippen MR) is 71.0 cm³/mol. The highest BCUT2D eigenvalue weighted by Gasteiger charge is 2.27. The molecular weight excluding hydrogens is 242 g/mol. The van der Waals surface area contributed by atoms with Gasteiger partial charge in [0.2, 0.25) is 0 Å². The first-order chi connectivity index (χ1) is 9.17. The van der Waals surface area contributed by atoms with Crippen LogP contribution in [-0.4, -0.2) is 43.6 Å². The van der Waals surface area contributed by atoms with Crippen molar-refractivity contribution in [3.8, 4) is 11.8 Å². The zero-order chi connectivity index (χ0) is 13.8. The average molecular weight is 259 g/mol. The summed E-state index contributed by atoms with van der Waals surface area (Å²) in [5.74, 6) is 0.570. The number of rotatable bonds is 2. The Morgan fingerprint density at radius 3 is 3.05 bits per heavy atom. The van der Waals surface area contributed by atoms with Gasteiger partial charge in [-0.1, -0.05) is 6.07 Å². The maximum absolute atomic E-state index is 12.4. The molecule has 5 heteroatoms. The number of nitrogens with zero attached hydrogens (tertiary/aromatic N) is 2. The molecule has 100 valence electrons. The molecule has 0 saturated carbocycles. The van der Waals surface area contributed by atoms with Crippen molar-refractivity contribution >= 4 is 5.91 Å². The molecule has 1 aromatic rings. The number of carbonyl (C=O) groups is 1. The Kier molecular flexibility index (Phi) is 4.03. The average Bonchev–Trinajstić information content (AvgIpc) is 2.47. The third-order valence-electron chi connectivity index (χ3n) is 3.31. The van der Waals surface area contributed by atoms with Gasteiger partial charge in [-0.15, -0.1) is 0 Å².